The minimum Gasteiger partial charge on any atom is -0.476 e. The van der Waals surface area contributed by atoms with Crippen LogP contribution in [-0.4, -0.2) is 46.0 Å². The van der Waals surface area contributed by atoms with Crippen molar-refractivity contribution in [1.82, 2.24) is 5.01 Å². The van der Waals surface area contributed by atoms with Crippen LogP contribution >= 0.6 is 0 Å². The lowest BCUT2D eigenvalue weighted by atomic mass is 10.4. The molecule has 0 aromatic rings. The van der Waals surface area contributed by atoms with Crippen molar-refractivity contribution in [3.63, 3.8) is 0 Å². The Morgan fingerprint density at radius 3 is 1.77 bits per heavy atom. The van der Waals surface area contributed by atoms with E-state index in [9.17, 15) is 9.59 Å². The maximum absolute atomic E-state index is 10.4. The molecule has 0 aromatic heterocycles. The van der Waals surface area contributed by atoms with E-state index in [-0.39, 0.29) is 0 Å². The molecule has 0 aliphatic rings. The molecule has 74 valence electrons. The smallest absolute Gasteiger partial charge is 0.363 e. The van der Waals surface area contributed by atoms with Crippen molar-refractivity contribution < 1.29 is 19.8 Å². The number of hydrogen-bond donors (Lipinski definition) is 2. The number of aliphatic carboxylic acids is 2. The molecule has 2 N–H and O–H groups in total. The van der Waals surface area contributed by atoms with Crippen LogP contribution in [0.1, 0.15) is 13.8 Å². The Kier molecular flexibility index (Phi) is 4.50. The van der Waals surface area contributed by atoms with Gasteiger partial charge in [-0.2, -0.15) is 5.10 Å². The number of hydrazone groups is 1. The third-order valence-electron chi connectivity index (χ3n) is 1.38. The van der Waals surface area contributed by atoms with Gasteiger partial charge in [0.25, 0.3) is 5.71 Å². The summed E-state index contributed by atoms with van der Waals surface area (Å²) < 4.78 is 0. The summed E-state index contributed by atoms with van der Waals surface area (Å²) in [6.45, 7) is 4.46. The molecule has 0 aliphatic heterocycles. The van der Waals surface area contributed by atoms with E-state index in [1.807, 2.05) is 0 Å². The Morgan fingerprint density at radius 1 is 1.15 bits per heavy atom. The van der Waals surface area contributed by atoms with Gasteiger partial charge in [-0.1, -0.05) is 0 Å². The lowest BCUT2D eigenvalue weighted by Gasteiger charge is -2.13. The van der Waals surface area contributed by atoms with E-state index in [0.717, 1.165) is 0 Å². The third kappa shape index (κ3) is 3.55. The number of carbonyl (C=O) groups is 2. The zero-order valence-electron chi connectivity index (χ0n) is 7.52. The molecule has 0 atom stereocenters. The quantitative estimate of drug-likeness (QED) is 0.356. The second kappa shape index (κ2) is 5.13. The number of carboxylic acid groups (broad SMARTS) is 2. The van der Waals surface area contributed by atoms with Crippen molar-refractivity contribution in [3.05, 3.63) is 0 Å². The van der Waals surface area contributed by atoms with E-state index >= 15 is 0 Å². The molecular weight excluding hydrogens is 176 g/mol. The van der Waals surface area contributed by atoms with Crippen LogP contribution in [0.5, 0.6) is 0 Å². The van der Waals surface area contributed by atoms with Gasteiger partial charge in [-0.25, -0.2) is 9.59 Å². The van der Waals surface area contributed by atoms with Gasteiger partial charge in [-0.15, -0.1) is 0 Å². The third-order valence-corrected chi connectivity index (χ3v) is 1.38. The highest BCUT2D eigenvalue weighted by Gasteiger charge is 2.19. The summed E-state index contributed by atoms with van der Waals surface area (Å²) in [7, 11) is 0. The molecular formula is C7H12N2O4. The molecule has 0 bridgehead atoms. The molecule has 6 heteroatoms. The van der Waals surface area contributed by atoms with E-state index in [0.29, 0.717) is 13.1 Å². The van der Waals surface area contributed by atoms with Crippen LogP contribution in [0.3, 0.4) is 0 Å². The van der Waals surface area contributed by atoms with Crippen LogP contribution in [0.2, 0.25) is 0 Å². The first-order valence-electron chi connectivity index (χ1n) is 3.83. The normalized spacial score (nSPS) is 9.08. The highest BCUT2D eigenvalue weighted by Crippen LogP contribution is 1.90. The molecule has 13 heavy (non-hydrogen) atoms. The van der Waals surface area contributed by atoms with Gasteiger partial charge in [0, 0.05) is 13.1 Å². The number of carboxylic acids is 2. The summed E-state index contributed by atoms with van der Waals surface area (Å²) in [5.74, 6) is -3.06. The second-order valence-corrected chi connectivity index (χ2v) is 2.20. The number of nitrogens with zero attached hydrogens (tertiary/aromatic N) is 2. The minimum absolute atomic E-state index is 0.473. The summed E-state index contributed by atoms with van der Waals surface area (Å²) in [4.78, 5) is 20.7. The molecule has 0 radical (unpaired) electrons. The van der Waals surface area contributed by atoms with Crippen LogP contribution in [0.25, 0.3) is 0 Å². The van der Waals surface area contributed by atoms with Gasteiger partial charge < -0.3 is 10.2 Å². The molecule has 0 aliphatic carbocycles. The van der Waals surface area contributed by atoms with Crippen molar-refractivity contribution in [3.8, 4) is 0 Å². The van der Waals surface area contributed by atoms with Crippen molar-refractivity contribution >= 4 is 17.7 Å². The Labute approximate surface area is 75.5 Å². The maximum atomic E-state index is 10.4. The average molecular weight is 188 g/mol. The van der Waals surface area contributed by atoms with E-state index in [1.165, 1.54) is 5.01 Å². The van der Waals surface area contributed by atoms with Gasteiger partial charge in [0.2, 0.25) is 0 Å². The fourth-order valence-electron chi connectivity index (χ4n) is 0.683. The van der Waals surface area contributed by atoms with Crippen LogP contribution in [0, 0.1) is 0 Å². The Morgan fingerprint density at radius 2 is 1.54 bits per heavy atom. The zero-order valence-corrected chi connectivity index (χ0v) is 7.52. The molecule has 6 nitrogen and oxygen atoms in total. The van der Waals surface area contributed by atoms with Crippen LogP contribution < -0.4 is 0 Å². The van der Waals surface area contributed by atoms with Gasteiger partial charge in [-0.3, -0.25) is 5.01 Å². The van der Waals surface area contributed by atoms with E-state index in [4.69, 9.17) is 10.2 Å². The van der Waals surface area contributed by atoms with Gasteiger partial charge in [-0.05, 0) is 13.8 Å². The van der Waals surface area contributed by atoms with Crippen molar-refractivity contribution in [2.45, 2.75) is 13.8 Å². The van der Waals surface area contributed by atoms with Gasteiger partial charge in [0.05, 0.1) is 0 Å². The fourth-order valence-corrected chi connectivity index (χ4v) is 0.683. The first kappa shape index (κ1) is 11.4. The highest BCUT2D eigenvalue weighted by molar-refractivity contribution is 6.61. The van der Waals surface area contributed by atoms with Crippen molar-refractivity contribution in [1.29, 1.82) is 0 Å². The van der Waals surface area contributed by atoms with Gasteiger partial charge in [0.1, 0.15) is 0 Å². The largest absolute Gasteiger partial charge is 0.476 e. The molecule has 0 fully saturated rings. The predicted octanol–water partition coefficient (Wildman–Crippen LogP) is -0.147. The minimum atomic E-state index is -1.53. The fraction of sp³-hybridized carbons (Fsp3) is 0.571. The molecule has 0 rings (SSSR count). The summed E-state index contributed by atoms with van der Waals surface area (Å²) in [5.41, 5.74) is -0.858. The molecule has 0 aromatic carbocycles. The Hall–Kier alpha value is -1.59. The molecule has 0 amide bonds. The van der Waals surface area contributed by atoms with E-state index < -0.39 is 17.7 Å². The SMILES string of the molecule is CCN(CC)N=C(C(=O)O)C(=O)O. The van der Waals surface area contributed by atoms with E-state index in [2.05, 4.69) is 5.10 Å². The molecule has 0 unspecified atom stereocenters. The second-order valence-electron chi connectivity index (χ2n) is 2.20. The number of rotatable bonds is 5. The van der Waals surface area contributed by atoms with Crippen LogP contribution in [0.4, 0.5) is 0 Å². The zero-order chi connectivity index (χ0) is 10.4. The topological polar surface area (TPSA) is 90.2 Å². The summed E-state index contributed by atoms with van der Waals surface area (Å²) in [6, 6.07) is 0. The summed E-state index contributed by atoms with van der Waals surface area (Å²) in [5, 5.41) is 21.7. The lowest BCUT2D eigenvalue weighted by molar-refractivity contribution is -0.134. The number of hydrogen-bond acceptors (Lipinski definition) is 4. The van der Waals surface area contributed by atoms with Gasteiger partial charge in [0.15, 0.2) is 0 Å². The first-order valence-corrected chi connectivity index (χ1v) is 3.83. The first-order chi connectivity index (χ1) is 6.02. The predicted molar refractivity (Wildman–Crippen MR) is 45.6 cm³/mol. The average Bonchev–Trinajstić information content (AvgIpc) is 2.05. The molecule has 0 saturated carbocycles. The summed E-state index contributed by atoms with van der Waals surface area (Å²) in [6.07, 6.45) is 0. The standard InChI is InChI=1S/C7H12N2O4/c1-3-9(4-2)8-5(6(10)11)7(12)13/h3-4H2,1-2H3,(H,10,11)(H,12,13). The maximum Gasteiger partial charge on any atom is 0.363 e. The monoisotopic (exact) mass is 188 g/mol. The molecule has 0 heterocycles. The Balaban J connectivity index is 4.70. The van der Waals surface area contributed by atoms with Crippen molar-refractivity contribution in [2.24, 2.45) is 5.10 Å². The van der Waals surface area contributed by atoms with Crippen LogP contribution in [-0.2, 0) is 9.59 Å². The van der Waals surface area contributed by atoms with Crippen molar-refractivity contribution in [2.75, 3.05) is 13.1 Å². The Bertz CT molecular complexity index is 217. The van der Waals surface area contributed by atoms with Gasteiger partial charge >= 0.3 is 11.9 Å². The summed E-state index contributed by atoms with van der Waals surface area (Å²) >= 11 is 0. The van der Waals surface area contributed by atoms with E-state index in [1.54, 1.807) is 13.8 Å². The molecule has 0 saturated heterocycles. The highest BCUT2D eigenvalue weighted by atomic mass is 16.4. The molecule has 0 spiro atoms. The lowest BCUT2D eigenvalue weighted by Crippen LogP contribution is -2.28. The van der Waals surface area contributed by atoms with Crippen LogP contribution in [0.15, 0.2) is 5.10 Å².